The molecule has 1 heterocycles. The first-order valence-electron chi connectivity index (χ1n) is 5.96. The van der Waals surface area contributed by atoms with Crippen molar-refractivity contribution in [2.24, 2.45) is 5.92 Å². The van der Waals surface area contributed by atoms with Gasteiger partial charge in [-0.25, -0.2) is 0 Å². The van der Waals surface area contributed by atoms with E-state index in [0.717, 1.165) is 32.5 Å². The summed E-state index contributed by atoms with van der Waals surface area (Å²) in [6.45, 7) is 7.17. The van der Waals surface area contributed by atoms with Crippen LogP contribution in [0.25, 0.3) is 0 Å². The van der Waals surface area contributed by atoms with E-state index >= 15 is 0 Å². The van der Waals surface area contributed by atoms with E-state index in [4.69, 9.17) is 4.74 Å². The van der Waals surface area contributed by atoms with Crippen LogP contribution >= 0.6 is 0 Å². The average molecular weight is 218 g/mol. The van der Waals surface area contributed by atoms with Gasteiger partial charge in [0.25, 0.3) is 0 Å². The molecule has 16 heavy (non-hydrogen) atoms. The highest BCUT2D eigenvalue weighted by Crippen LogP contribution is 2.29. The SMILES string of the molecule is [CH2]C1Cc2ccccc2N(CCCOC)C1. The third-order valence-electron chi connectivity index (χ3n) is 3.10. The van der Waals surface area contributed by atoms with E-state index in [1.54, 1.807) is 7.11 Å². The number of methoxy groups -OCH3 is 1. The first kappa shape index (κ1) is 11.5. The minimum absolute atomic E-state index is 0.512. The minimum Gasteiger partial charge on any atom is -0.385 e. The molecule has 0 N–H and O–H groups in total. The molecular weight excluding hydrogens is 198 g/mol. The van der Waals surface area contributed by atoms with Crippen LogP contribution in [0.1, 0.15) is 12.0 Å². The highest BCUT2D eigenvalue weighted by Gasteiger charge is 2.20. The Hall–Kier alpha value is -1.02. The maximum Gasteiger partial charge on any atom is 0.0479 e. The van der Waals surface area contributed by atoms with Gasteiger partial charge in [-0.15, -0.1) is 0 Å². The van der Waals surface area contributed by atoms with E-state index in [2.05, 4.69) is 36.1 Å². The number of para-hydroxylation sites is 1. The maximum absolute atomic E-state index is 5.11. The molecule has 87 valence electrons. The van der Waals surface area contributed by atoms with E-state index in [9.17, 15) is 0 Å². The molecule has 0 saturated heterocycles. The summed E-state index contributed by atoms with van der Waals surface area (Å²) in [4.78, 5) is 2.44. The molecule has 2 nitrogen and oxygen atoms in total. The number of rotatable bonds is 4. The number of ether oxygens (including phenoxy) is 1. The predicted octanol–water partition coefficient (Wildman–Crippen LogP) is 2.54. The summed E-state index contributed by atoms with van der Waals surface area (Å²) < 4.78 is 5.11. The molecule has 1 radical (unpaired) electrons. The quantitative estimate of drug-likeness (QED) is 0.720. The van der Waals surface area contributed by atoms with Gasteiger partial charge in [-0.1, -0.05) is 18.2 Å². The lowest BCUT2D eigenvalue weighted by molar-refractivity contribution is 0.196. The number of hydrogen-bond donors (Lipinski definition) is 0. The van der Waals surface area contributed by atoms with Crippen molar-refractivity contribution in [2.75, 3.05) is 31.7 Å². The molecule has 0 bridgehead atoms. The zero-order valence-corrected chi connectivity index (χ0v) is 9.98. The molecule has 0 saturated carbocycles. The van der Waals surface area contributed by atoms with Crippen molar-refractivity contribution in [1.82, 2.24) is 0 Å². The average Bonchev–Trinajstić information content (AvgIpc) is 2.29. The Bertz CT molecular complexity index is 337. The summed E-state index contributed by atoms with van der Waals surface area (Å²) >= 11 is 0. The number of benzene rings is 1. The van der Waals surface area contributed by atoms with Gasteiger partial charge in [0.2, 0.25) is 0 Å². The van der Waals surface area contributed by atoms with Gasteiger partial charge < -0.3 is 9.64 Å². The summed E-state index contributed by atoms with van der Waals surface area (Å²) in [5.74, 6) is 0.512. The third kappa shape index (κ3) is 2.56. The molecule has 1 unspecified atom stereocenters. The molecule has 1 aliphatic heterocycles. The lowest BCUT2D eigenvalue weighted by atomic mass is 9.94. The van der Waals surface area contributed by atoms with Gasteiger partial charge in [-0.05, 0) is 37.3 Å². The Balaban J connectivity index is 2.07. The molecular formula is C14H20NO. The van der Waals surface area contributed by atoms with Crippen molar-refractivity contribution in [1.29, 1.82) is 0 Å². The molecule has 2 heteroatoms. The number of hydrogen-bond acceptors (Lipinski definition) is 2. The van der Waals surface area contributed by atoms with E-state index in [0.29, 0.717) is 5.92 Å². The van der Waals surface area contributed by atoms with Gasteiger partial charge in [0.15, 0.2) is 0 Å². The second kappa shape index (κ2) is 5.35. The van der Waals surface area contributed by atoms with E-state index in [1.807, 2.05) is 0 Å². The van der Waals surface area contributed by atoms with Crippen LogP contribution in [0.3, 0.4) is 0 Å². The summed E-state index contributed by atoms with van der Waals surface area (Å²) in [5, 5.41) is 0. The van der Waals surface area contributed by atoms with Crippen LogP contribution in [0.5, 0.6) is 0 Å². The van der Waals surface area contributed by atoms with Crippen molar-refractivity contribution in [3.63, 3.8) is 0 Å². The number of fused-ring (bicyclic) bond motifs is 1. The predicted molar refractivity (Wildman–Crippen MR) is 67.7 cm³/mol. The van der Waals surface area contributed by atoms with Gasteiger partial charge in [0.05, 0.1) is 0 Å². The van der Waals surface area contributed by atoms with Gasteiger partial charge >= 0.3 is 0 Å². The van der Waals surface area contributed by atoms with Gasteiger partial charge in [-0.2, -0.15) is 0 Å². The summed E-state index contributed by atoms with van der Waals surface area (Å²) in [7, 11) is 1.76. The zero-order chi connectivity index (χ0) is 11.4. The van der Waals surface area contributed by atoms with Crippen molar-refractivity contribution in [2.45, 2.75) is 12.8 Å². The Morgan fingerprint density at radius 1 is 1.44 bits per heavy atom. The monoisotopic (exact) mass is 218 g/mol. The zero-order valence-electron chi connectivity index (χ0n) is 9.98. The summed E-state index contributed by atoms with van der Waals surface area (Å²) in [6, 6.07) is 8.67. The lowest BCUT2D eigenvalue weighted by Crippen LogP contribution is -2.35. The fourth-order valence-corrected chi connectivity index (χ4v) is 2.39. The van der Waals surface area contributed by atoms with Gasteiger partial charge in [-0.3, -0.25) is 0 Å². The molecule has 0 aromatic heterocycles. The highest BCUT2D eigenvalue weighted by molar-refractivity contribution is 5.55. The molecule has 1 atom stereocenters. The fraction of sp³-hybridized carbons (Fsp3) is 0.500. The van der Waals surface area contributed by atoms with E-state index in [-0.39, 0.29) is 0 Å². The van der Waals surface area contributed by atoms with Crippen molar-refractivity contribution >= 4 is 5.69 Å². The number of anilines is 1. The van der Waals surface area contributed by atoms with Crippen LogP contribution in [-0.2, 0) is 11.2 Å². The molecule has 0 spiro atoms. The second-order valence-corrected chi connectivity index (χ2v) is 4.49. The standard InChI is InChI=1S/C14H20NO/c1-12-10-13-6-3-4-7-14(13)15(11-12)8-5-9-16-2/h3-4,6-7,12H,1,5,8-11H2,2H3. The highest BCUT2D eigenvalue weighted by atomic mass is 16.5. The Kier molecular flexibility index (Phi) is 3.83. The normalized spacial score (nSPS) is 19.6. The van der Waals surface area contributed by atoms with Crippen LogP contribution in [0.4, 0.5) is 5.69 Å². The van der Waals surface area contributed by atoms with Crippen LogP contribution in [0, 0.1) is 12.8 Å². The summed E-state index contributed by atoms with van der Waals surface area (Å²) in [5.41, 5.74) is 2.82. The van der Waals surface area contributed by atoms with Gasteiger partial charge in [0.1, 0.15) is 0 Å². The van der Waals surface area contributed by atoms with Crippen molar-refractivity contribution < 1.29 is 4.74 Å². The third-order valence-corrected chi connectivity index (χ3v) is 3.10. The Morgan fingerprint density at radius 2 is 2.25 bits per heavy atom. The maximum atomic E-state index is 5.11. The minimum atomic E-state index is 0.512. The van der Waals surface area contributed by atoms with E-state index in [1.165, 1.54) is 11.3 Å². The van der Waals surface area contributed by atoms with Crippen molar-refractivity contribution in [3.05, 3.63) is 36.8 Å². The first-order chi connectivity index (χ1) is 7.81. The molecule has 0 fully saturated rings. The first-order valence-corrected chi connectivity index (χ1v) is 5.96. The molecule has 0 amide bonds. The van der Waals surface area contributed by atoms with Gasteiger partial charge in [0, 0.05) is 32.5 Å². The van der Waals surface area contributed by atoms with Crippen LogP contribution < -0.4 is 4.90 Å². The topological polar surface area (TPSA) is 12.5 Å². The lowest BCUT2D eigenvalue weighted by Gasteiger charge is -2.34. The Morgan fingerprint density at radius 3 is 3.06 bits per heavy atom. The van der Waals surface area contributed by atoms with Crippen LogP contribution in [0.15, 0.2) is 24.3 Å². The smallest absolute Gasteiger partial charge is 0.0479 e. The molecule has 0 aliphatic carbocycles. The molecule has 1 aromatic rings. The fourth-order valence-electron chi connectivity index (χ4n) is 2.39. The van der Waals surface area contributed by atoms with E-state index < -0.39 is 0 Å². The molecule has 1 aliphatic rings. The molecule has 1 aromatic carbocycles. The second-order valence-electron chi connectivity index (χ2n) is 4.49. The number of nitrogens with zero attached hydrogens (tertiary/aromatic N) is 1. The largest absolute Gasteiger partial charge is 0.385 e. The van der Waals surface area contributed by atoms with Crippen molar-refractivity contribution in [3.8, 4) is 0 Å². The van der Waals surface area contributed by atoms with Crippen LogP contribution in [-0.4, -0.2) is 26.8 Å². The summed E-state index contributed by atoms with van der Waals surface area (Å²) in [6.07, 6.45) is 2.19. The van der Waals surface area contributed by atoms with Crippen LogP contribution in [0.2, 0.25) is 0 Å². The Labute approximate surface area is 98.2 Å². The molecule has 2 rings (SSSR count).